The summed E-state index contributed by atoms with van der Waals surface area (Å²) in [5, 5.41) is 0. The van der Waals surface area contributed by atoms with Gasteiger partial charge >= 0.3 is 0 Å². The van der Waals surface area contributed by atoms with E-state index in [-0.39, 0.29) is 25.8 Å². The molecule has 0 aromatic heterocycles. The summed E-state index contributed by atoms with van der Waals surface area (Å²) < 4.78 is 0. The van der Waals surface area contributed by atoms with Crippen LogP contribution in [0.1, 0.15) is 11.1 Å². The maximum Gasteiger partial charge on any atom is 0 e. The van der Waals surface area contributed by atoms with Crippen molar-refractivity contribution in [1.82, 2.24) is 9.80 Å². The molecule has 0 aliphatic carbocycles. The molecule has 0 spiro atoms. The van der Waals surface area contributed by atoms with Gasteiger partial charge in [0.15, 0.2) is 0 Å². The molecule has 0 N–H and O–H groups in total. The number of nitrogens with zero attached hydrogens (tertiary/aromatic N) is 2. The fourth-order valence-electron chi connectivity index (χ4n) is 1.67. The predicted octanol–water partition coefficient (Wildman–Crippen LogP) is 3.51. The van der Waals surface area contributed by atoms with Crippen molar-refractivity contribution in [2.24, 2.45) is 0 Å². The van der Waals surface area contributed by atoms with Crippen LogP contribution in [0.4, 0.5) is 0 Å². The second kappa shape index (κ2) is 11.6. The third kappa shape index (κ3) is 10.4. The van der Waals surface area contributed by atoms with Crippen LogP contribution in [0.2, 0.25) is 0 Å². The Morgan fingerprint density at radius 3 is 1.10 bits per heavy atom. The molecule has 0 fully saturated rings. The van der Waals surface area contributed by atoms with Crippen molar-refractivity contribution >= 4 is 0 Å². The van der Waals surface area contributed by atoms with Gasteiger partial charge in [0.2, 0.25) is 0 Å². The summed E-state index contributed by atoms with van der Waals surface area (Å²) in [7, 11) is 8.08. The van der Waals surface area contributed by atoms with E-state index < -0.39 is 0 Å². The number of rotatable bonds is 4. The fourth-order valence-corrected chi connectivity index (χ4v) is 1.67. The molecule has 3 heteroatoms. The molecule has 0 atom stereocenters. The van der Waals surface area contributed by atoms with E-state index in [0.717, 1.165) is 0 Å². The summed E-state index contributed by atoms with van der Waals surface area (Å²) in [5.41, 5.74) is 2.49. The molecule has 2 rings (SSSR count). The molecule has 21 heavy (non-hydrogen) atoms. The summed E-state index contributed by atoms with van der Waals surface area (Å²) in [6.07, 6.45) is 0. The van der Waals surface area contributed by atoms with Crippen molar-refractivity contribution in [2.45, 2.75) is 0 Å². The third-order valence-electron chi connectivity index (χ3n) is 2.41. The molecule has 0 aliphatic heterocycles. The van der Waals surface area contributed by atoms with Gasteiger partial charge in [0, 0.05) is 25.8 Å². The Bertz CT molecular complexity index is 410. The zero-order chi connectivity index (χ0) is 14.8. The van der Waals surface area contributed by atoms with E-state index >= 15 is 0 Å². The van der Waals surface area contributed by atoms with Crippen LogP contribution < -0.4 is 0 Å². The average Bonchev–Trinajstić information content (AvgIpc) is 2.40. The van der Waals surface area contributed by atoms with E-state index in [1.807, 2.05) is 74.4 Å². The van der Waals surface area contributed by atoms with Crippen molar-refractivity contribution in [1.29, 1.82) is 0 Å². The van der Waals surface area contributed by atoms with Gasteiger partial charge in [-0.1, -0.05) is 12.1 Å². The van der Waals surface area contributed by atoms with Gasteiger partial charge in [-0.15, -0.1) is 37.4 Å². The minimum atomic E-state index is 0. The zero-order valence-electron chi connectivity index (χ0n) is 13.4. The first-order valence-corrected chi connectivity index (χ1v) is 6.70. The minimum Gasteiger partial charge on any atom is -0.339 e. The van der Waals surface area contributed by atoms with Crippen LogP contribution in [-0.4, -0.2) is 38.0 Å². The van der Waals surface area contributed by atoms with Crippen LogP contribution in [0.15, 0.2) is 60.7 Å². The summed E-state index contributed by atoms with van der Waals surface area (Å²) >= 11 is 0. The topological polar surface area (TPSA) is 6.48 Å². The number of benzene rings is 2. The molecule has 0 unspecified atom stereocenters. The van der Waals surface area contributed by atoms with Gasteiger partial charge in [0.1, 0.15) is 0 Å². The SMILES string of the molecule is CN(C)[CH-]c1ccccc1.CN(C)[CH-]c1ccccc1.[Sc]. The molecule has 2 aromatic carbocycles. The first-order chi connectivity index (χ1) is 9.58. The Hall–Kier alpha value is -1.03. The van der Waals surface area contributed by atoms with E-state index in [4.69, 9.17) is 0 Å². The van der Waals surface area contributed by atoms with Gasteiger partial charge < -0.3 is 9.80 Å². The molecule has 2 aromatic rings. The first-order valence-electron chi connectivity index (χ1n) is 6.70. The van der Waals surface area contributed by atoms with Gasteiger partial charge in [-0.05, 0) is 28.2 Å². The molecule has 2 nitrogen and oxygen atoms in total. The maximum atomic E-state index is 2.08. The van der Waals surface area contributed by atoms with Crippen LogP contribution >= 0.6 is 0 Å². The standard InChI is InChI=1S/2C9H12N.Sc/c2*1-10(2)8-9-6-4-3-5-7-9;/h2*3-8H,1-2H3;/q2*-1;. The second-order valence-corrected chi connectivity index (χ2v) is 5.01. The molecule has 0 aliphatic rings. The van der Waals surface area contributed by atoms with Crippen LogP contribution in [0, 0.1) is 13.1 Å². The fraction of sp³-hybridized carbons (Fsp3) is 0.222. The Kier molecular flexibility index (Phi) is 11.0. The van der Waals surface area contributed by atoms with Gasteiger partial charge in [0.25, 0.3) is 0 Å². The summed E-state index contributed by atoms with van der Waals surface area (Å²) in [6, 6.07) is 20.5. The van der Waals surface area contributed by atoms with Crippen LogP contribution in [-0.2, 0) is 25.8 Å². The molecule has 0 bridgehead atoms. The number of hydrogen-bond donors (Lipinski definition) is 0. The molecular weight excluding hydrogens is 289 g/mol. The zero-order valence-corrected chi connectivity index (χ0v) is 15.2. The van der Waals surface area contributed by atoms with Crippen molar-refractivity contribution < 1.29 is 25.8 Å². The van der Waals surface area contributed by atoms with Crippen LogP contribution in [0.5, 0.6) is 0 Å². The maximum absolute atomic E-state index is 2.08. The van der Waals surface area contributed by atoms with E-state index in [9.17, 15) is 0 Å². The molecule has 111 valence electrons. The predicted molar refractivity (Wildman–Crippen MR) is 87.1 cm³/mol. The van der Waals surface area contributed by atoms with Crippen molar-refractivity contribution in [2.75, 3.05) is 28.2 Å². The minimum absolute atomic E-state index is 0. The molecule has 1 radical (unpaired) electrons. The van der Waals surface area contributed by atoms with Crippen LogP contribution in [0.25, 0.3) is 0 Å². The third-order valence-corrected chi connectivity index (χ3v) is 2.41. The first kappa shape index (κ1) is 20.0. The molecule has 0 saturated heterocycles. The average molecular weight is 313 g/mol. The van der Waals surface area contributed by atoms with E-state index in [0.29, 0.717) is 0 Å². The van der Waals surface area contributed by atoms with Crippen molar-refractivity contribution in [3.63, 3.8) is 0 Å². The monoisotopic (exact) mass is 313 g/mol. The Morgan fingerprint density at radius 1 is 0.571 bits per heavy atom. The van der Waals surface area contributed by atoms with Crippen molar-refractivity contribution in [3.8, 4) is 0 Å². The van der Waals surface area contributed by atoms with Crippen molar-refractivity contribution in [3.05, 3.63) is 84.9 Å². The Labute approximate surface area is 148 Å². The van der Waals surface area contributed by atoms with E-state index in [2.05, 4.69) is 37.4 Å². The van der Waals surface area contributed by atoms with Gasteiger partial charge in [-0.2, -0.15) is 35.4 Å². The largest absolute Gasteiger partial charge is 0.339 e. The Balaban J connectivity index is 0.000000364. The van der Waals surface area contributed by atoms with E-state index in [1.54, 1.807) is 0 Å². The summed E-state index contributed by atoms with van der Waals surface area (Å²) in [5.74, 6) is 0. The summed E-state index contributed by atoms with van der Waals surface area (Å²) in [6.45, 7) is 4.17. The number of hydrogen-bond acceptors (Lipinski definition) is 2. The van der Waals surface area contributed by atoms with E-state index in [1.165, 1.54) is 11.1 Å². The molecule has 0 heterocycles. The second-order valence-electron chi connectivity index (χ2n) is 5.01. The van der Waals surface area contributed by atoms with Gasteiger partial charge in [0.05, 0.1) is 0 Å². The van der Waals surface area contributed by atoms with Gasteiger partial charge in [-0.25, -0.2) is 0 Å². The smallest absolute Gasteiger partial charge is 0 e. The molecule has 0 saturated carbocycles. The normalized spacial score (nSPS) is 9.43. The quantitative estimate of drug-likeness (QED) is 0.797. The molecule has 0 amide bonds. The summed E-state index contributed by atoms with van der Waals surface area (Å²) in [4.78, 5) is 4.07. The molecular formula is C18H24N2Sc-2. The Morgan fingerprint density at radius 2 is 0.857 bits per heavy atom. The van der Waals surface area contributed by atoms with Gasteiger partial charge in [-0.3, -0.25) is 0 Å². The van der Waals surface area contributed by atoms with Crippen LogP contribution in [0.3, 0.4) is 0 Å².